The molecule has 0 saturated heterocycles. The number of hydrogen-bond donors (Lipinski definition) is 2. The monoisotopic (exact) mass is 581 g/mol. The highest BCUT2D eigenvalue weighted by Gasteiger charge is 2.56. The van der Waals surface area contributed by atoms with Crippen LogP contribution in [0.3, 0.4) is 0 Å². The molecule has 2 atom stereocenters. The number of benzene rings is 2. The van der Waals surface area contributed by atoms with Gasteiger partial charge in [-0.15, -0.1) is 0 Å². The van der Waals surface area contributed by atoms with Crippen LogP contribution in [0.1, 0.15) is 47.1 Å². The molecule has 0 unspecified atom stereocenters. The third kappa shape index (κ3) is 5.78. The Bertz CT molecular complexity index is 1450. The van der Waals surface area contributed by atoms with Crippen LogP contribution in [0.2, 0.25) is 5.02 Å². The molecule has 3 aromatic rings. The van der Waals surface area contributed by atoms with Crippen molar-refractivity contribution in [1.82, 2.24) is 10.3 Å². The van der Waals surface area contributed by atoms with Crippen LogP contribution < -0.4 is 10.6 Å². The summed E-state index contributed by atoms with van der Waals surface area (Å²) in [4.78, 5) is 43.8. The molecule has 2 N–H and O–H groups in total. The van der Waals surface area contributed by atoms with Crippen LogP contribution in [-0.4, -0.2) is 46.4 Å². The number of hydrogen-bond acceptors (Lipinski definition) is 9. The zero-order valence-corrected chi connectivity index (χ0v) is 23.7. The van der Waals surface area contributed by atoms with Gasteiger partial charge in [0.05, 0.1) is 23.7 Å². The Labute approximate surface area is 241 Å². The first kappa shape index (κ1) is 29.0. The van der Waals surface area contributed by atoms with Crippen LogP contribution in [0.25, 0.3) is 0 Å². The van der Waals surface area contributed by atoms with Gasteiger partial charge in [0.15, 0.2) is 17.6 Å². The molecular weight excluding hydrogens is 554 g/mol. The summed E-state index contributed by atoms with van der Waals surface area (Å²) in [5.74, 6) is -2.46. The molecule has 1 aliphatic rings. The van der Waals surface area contributed by atoms with Crippen molar-refractivity contribution in [3.63, 3.8) is 0 Å². The second-order valence-corrected chi connectivity index (χ2v) is 9.88. The molecule has 4 rings (SSSR count). The fraction of sp³-hybridized carbons (Fsp3) is 0.276. The molecule has 0 spiro atoms. The van der Waals surface area contributed by atoms with Gasteiger partial charge < -0.3 is 24.5 Å². The van der Waals surface area contributed by atoms with Crippen molar-refractivity contribution in [3.05, 3.63) is 94.3 Å². The highest BCUT2D eigenvalue weighted by molar-refractivity contribution is 7.81. The fourth-order valence-corrected chi connectivity index (χ4v) is 5.08. The second-order valence-electron chi connectivity index (χ2n) is 9.03. The van der Waals surface area contributed by atoms with Crippen LogP contribution in [0, 0.1) is 6.92 Å². The summed E-state index contributed by atoms with van der Waals surface area (Å²) in [5.41, 5.74) is 0.629. The van der Waals surface area contributed by atoms with Crippen LogP contribution in [0.4, 0.5) is 5.69 Å². The topological polar surface area (TPSA) is 120 Å². The number of nitrogens with zero attached hydrogens (tertiary/aromatic N) is 1. The van der Waals surface area contributed by atoms with E-state index in [2.05, 4.69) is 15.6 Å². The Kier molecular flexibility index (Phi) is 9.01. The maximum Gasteiger partial charge on any atom is 0.360 e. The number of aromatic nitrogens is 1. The fourth-order valence-electron chi connectivity index (χ4n) is 4.51. The minimum Gasteiger partial charge on any atom is -0.464 e. The van der Waals surface area contributed by atoms with Gasteiger partial charge in [0.1, 0.15) is 5.76 Å². The first-order valence-electron chi connectivity index (χ1n) is 12.6. The highest BCUT2D eigenvalue weighted by atomic mass is 35.5. The third-order valence-electron chi connectivity index (χ3n) is 6.49. The summed E-state index contributed by atoms with van der Waals surface area (Å²) in [6.07, 6.45) is 2.54. The molecule has 0 bridgehead atoms. The second kappa shape index (κ2) is 12.4. The third-order valence-corrected chi connectivity index (χ3v) is 7.29. The average Bonchev–Trinajstić information content (AvgIpc) is 3.54. The van der Waals surface area contributed by atoms with E-state index >= 15 is 0 Å². The predicted molar refractivity (Wildman–Crippen MR) is 153 cm³/mol. The smallest absolute Gasteiger partial charge is 0.360 e. The summed E-state index contributed by atoms with van der Waals surface area (Å²) in [6.45, 7) is 5.51. The van der Waals surface area contributed by atoms with E-state index in [0.717, 1.165) is 12.0 Å². The van der Waals surface area contributed by atoms with Gasteiger partial charge in [0, 0.05) is 29.2 Å². The molecular formula is C29H28ClN3O6S. The maximum absolute atomic E-state index is 13.8. The molecule has 208 valence electrons. The summed E-state index contributed by atoms with van der Waals surface area (Å²) >= 11 is 12.0. The maximum atomic E-state index is 13.8. The van der Waals surface area contributed by atoms with Crippen LogP contribution in [-0.2, 0) is 25.5 Å². The lowest BCUT2D eigenvalue weighted by atomic mass is 9.74. The highest BCUT2D eigenvalue weighted by Crippen LogP contribution is 2.40. The first-order chi connectivity index (χ1) is 19.2. The number of esters is 2. The number of halogens is 1. The van der Waals surface area contributed by atoms with Gasteiger partial charge in [-0.25, -0.2) is 14.6 Å². The first-order valence-corrected chi connectivity index (χ1v) is 13.4. The molecule has 9 nitrogen and oxygen atoms in total. The van der Waals surface area contributed by atoms with E-state index in [1.165, 1.54) is 6.20 Å². The molecule has 1 amide bonds. The van der Waals surface area contributed by atoms with Gasteiger partial charge in [-0.05, 0) is 50.6 Å². The largest absolute Gasteiger partial charge is 0.464 e. The predicted octanol–water partition coefficient (Wildman–Crippen LogP) is 4.94. The zero-order valence-electron chi connectivity index (χ0n) is 22.2. The Morgan fingerprint density at radius 2 is 1.75 bits per heavy atom. The van der Waals surface area contributed by atoms with Crippen molar-refractivity contribution < 1.29 is 28.3 Å². The van der Waals surface area contributed by atoms with E-state index in [4.69, 9.17) is 37.7 Å². The molecule has 40 heavy (non-hydrogen) atoms. The summed E-state index contributed by atoms with van der Waals surface area (Å²) in [7, 11) is 0. The van der Waals surface area contributed by atoms with Crippen molar-refractivity contribution in [2.24, 2.45) is 0 Å². The van der Waals surface area contributed by atoms with Gasteiger partial charge in [-0.3, -0.25) is 4.79 Å². The van der Waals surface area contributed by atoms with Crippen LogP contribution in [0.15, 0.2) is 71.1 Å². The van der Waals surface area contributed by atoms with Crippen LogP contribution >= 0.6 is 23.8 Å². The van der Waals surface area contributed by atoms with Gasteiger partial charge in [-0.2, -0.15) is 0 Å². The van der Waals surface area contributed by atoms with E-state index in [-0.39, 0.29) is 41.5 Å². The summed E-state index contributed by atoms with van der Waals surface area (Å²) in [5, 5.41) is 6.39. The van der Waals surface area contributed by atoms with Gasteiger partial charge in [0.25, 0.3) is 5.91 Å². The number of rotatable bonds is 10. The quantitative estimate of drug-likeness (QED) is 0.253. The van der Waals surface area contributed by atoms with Crippen molar-refractivity contribution in [2.45, 2.75) is 38.6 Å². The Morgan fingerprint density at radius 1 is 1.07 bits per heavy atom. The molecule has 0 radical (unpaired) electrons. The molecule has 1 aromatic heterocycles. The summed E-state index contributed by atoms with van der Waals surface area (Å²) in [6, 6.07) is 14.1. The average molecular weight is 582 g/mol. The lowest BCUT2D eigenvalue weighted by Crippen LogP contribution is -2.58. The number of anilines is 1. The van der Waals surface area contributed by atoms with E-state index in [1.807, 2.05) is 19.1 Å². The zero-order chi connectivity index (χ0) is 28.9. The SMILES string of the molecule is CCOC(=O)c1ncoc1C[C@@H](c1ccc(Cl)cc1)[C@@]1(C(=O)OCC)NC=C(C(=O)Nc2ccc(C)cc2)C1=S. The molecule has 2 heterocycles. The normalized spacial score (nSPS) is 17.0. The molecule has 11 heteroatoms. The number of carbonyl (C=O) groups excluding carboxylic acids is 3. The number of carbonyl (C=O) groups is 3. The molecule has 2 aromatic carbocycles. The van der Waals surface area contributed by atoms with Crippen LogP contribution in [0.5, 0.6) is 0 Å². The standard InChI is InChI=1S/C29H28ClN3O6S/c1-4-37-27(35)24-23(39-16-31-24)14-22(18-8-10-19(30)11-9-18)29(28(36)38-5-2)25(40)21(15-32-29)26(34)33-20-12-6-17(3)7-13-20/h6-13,15-16,22,32H,4-5,14H2,1-3H3,(H,33,34)/t22-,29+/m0/s1. The van der Waals surface area contributed by atoms with E-state index < -0.39 is 29.3 Å². The Morgan fingerprint density at radius 3 is 2.40 bits per heavy atom. The Balaban J connectivity index is 1.77. The number of thiocarbonyl (C=S) groups is 1. The molecule has 0 saturated carbocycles. The van der Waals surface area contributed by atoms with E-state index in [0.29, 0.717) is 16.3 Å². The van der Waals surface area contributed by atoms with Crippen molar-refractivity contribution >= 4 is 52.2 Å². The molecule has 0 aliphatic carbocycles. The number of ether oxygens (including phenoxy) is 2. The molecule has 0 fully saturated rings. The number of oxazole rings is 1. The Hall–Kier alpha value is -4.02. The lowest BCUT2D eigenvalue weighted by molar-refractivity contribution is -0.148. The number of amides is 1. The van der Waals surface area contributed by atoms with E-state index in [9.17, 15) is 14.4 Å². The summed E-state index contributed by atoms with van der Waals surface area (Å²) < 4.78 is 16.2. The van der Waals surface area contributed by atoms with Crippen molar-refractivity contribution in [1.29, 1.82) is 0 Å². The van der Waals surface area contributed by atoms with Crippen molar-refractivity contribution in [3.8, 4) is 0 Å². The minimum absolute atomic E-state index is 0.0115. The van der Waals surface area contributed by atoms with Crippen molar-refractivity contribution in [2.75, 3.05) is 18.5 Å². The van der Waals surface area contributed by atoms with Gasteiger partial charge >= 0.3 is 11.9 Å². The minimum atomic E-state index is -1.70. The van der Waals surface area contributed by atoms with Gasteiger partial charge in [-0.1, -0.05) is 53.6 Å². The lowest BCUT2D eigenvalue weighted by Gasteiger charge is -2.36. The van der Waals surface area contributed by atoms with Gasteiger partial charge in [0.2, 0.25) is 0 Å². The number of aryl methyl sites for hydroxylation is 1. The number of nitrogens with one attached hydrogen (secondary N) is 2. The van der Waals surface area contributed by atoms with E-state index in [1.54, 1.807) is 50.2 Å². The molecule has 1 aliphatic heterocycles.